The molecule has 1 aromatic heterocycles. The third-order valence-corrected chi connectivity index (χ3v) is 6.37. The lowest BCUT2D eigenvalue weighted by Gasteiger charge is -2.08. The van der Waals surface area contributed by atoms with E-state index in [4.69, 9.17) is 0 Å². The summed E-state index contributed by atoms with van der Waals surface area (Å²) in [5.41, 5.74) is 2.53. The van der Waals surface area contributed by atoms with Gasteiger partial charge in [-0.05, 0) is 69.0 Å². The highest BCUT2D eigenvalue weighted by molar-refractivity contribution is 7.90. The maximum absolute atomic E-state index is 14.2. The highest BCUT2D eigenvalue weighted by Gasteiger charge is 2.22. The van der Waals surface area contributed by atoms with Gasteiger partial charge in [-0.25, -0.2) is 16.8 Å². The average molecular weight is 387 g/mol. The van der Waals surface area contributed by atoms with Gasteiger partial charge >= 0.3 is 0 Å². The number of carbonyl (C=O) groups excluding carboxylic acids is 1. The second kappa shape index (κ2) is 7.27. The van der Waals surface area contributed by atoms with Gasteiger partial charge in [0, 0.05) is 18.0 Å². The van der Waals surface area contributed by atoms with Gasteiger partial charge in [-0.15, -0.1) is 0 Å². The molecule has 3 aromatic rings. The van der Waals surface area contributed by atoms with Crippen molar-refractivity contribution in [3.05, 3.63) is 65.1 Å². The fourth-order valence-corrected chi connectivity index (χ4v) is 4.52. The van der Waals surface area contributed by atoms with E-state index in [9.17, 15) is 17.6 Å². The van der Waals surface area contributed by atoms with E-state index in [1.54, 1.807) is 43.5 Å². The molecule has 0 N–H and O–H groups in total. The molecule has 0 saturated carbocycles. The summed E-state index contributed by atoms with van der Waals surface area (Å²) in [6, 6.07) is 9.51. The molecule has 0 aliphatic carbocycles. The predicted octanol–water partition coefficient (Wildman–Crippen LogP) is 4.55. The minimum atomic E-state index is -3.85. The molecular formula is C21H22FNO3S. The van der Waals surface area contributed by atoms with Crippen LogP contribution in [-0.4, -0.2) is 18.2 Å². The van der Waals surface area contributed by atoms with Gasteiger partial charge in [0.1, 0.15) is 11.6 Å². The second-order valence-electron chi connectivity index (χ2n) is 6.94. The highest BCUT2D eigenvalue weighted by atomic mass is 32.2. The first-order valence-corrected chi connectivity index (χ1v) is 10.3. The number of rotatable bonds is 6. The Morgan fingerprint density at radius 2 is 1.78 bits per heavy atom. The van der Waals surface area contributed by atoms with E-state index in [1.807, 2.05) is 6.92 Å². The number of nitrogens with zero attached hydrogens (tertiary/aromatic N) is 1. The molecule has 6 heteroatoms. The van der Waals surface area contributed by atoms with E-state index in [-0.39, 0.29) is 10.7 Å². The molecule has 0 bridgehead atoms. The first-order valence-electron chi connectivity index (χ1n) is 8.82. The van der Waals surface area contributed by atoms with Gasteiger partial charge in [-0.2, -0.15) is 0 Å². The summed E-state index contributed by atoms with van der Waals surface area (Å²) in [5, 5.41) is 0.702. The Kier molecular flexibility index (Phi) is 5.20. The van der Waals surface area contributed by atoms with Crippen LogP contribution in [0.4, 0.5) is 4.39 Å². The van der Waals surface area contributed by atoms with Crippen molar-refractivity contribution in [2.45, 2.75) is 44.9 Å². The van der Waals surface area contributed by atoms with Gasteiger partial charge < -0.3 is 4.79 Å². The molecule has 0 unspecified atom stereocenters. The largest absolute Gasteiger partial charge is 0.300 e. The maximum atomic E-state index is 14.2. The monoisotopic (exact) mass is 387 g/mol. The summed E-state index contributed by atoms with van der Waals surface area (Å²) >= 11 is 0. The summed E-state index contributed by atoms with van der Waals surface area (Å²) in [6.07, 6.45) is 3.16. The molecule has 0 aliphatic rings. The van der Waals surface area contributed by atoms with Gasteiger partial charge in [-0.1, -0.05) is 17.7 Å². The number of hydrogen-bond donors (Lipinski definition) is 0. The van der Waals surface area contributed by atoms with Crippen LogP contribution in [-0.2, 0) is 21.2 Å². The Bertz CT molecular complexity index is 1110. The number of fused-ring (bicyclic) bond motifs is 1. The molecule has 0 spiro atoms. The van der Waals surface area contributed by atoms with Crippen molar-refractivity contribution < 1.29 is 17.6 Å². The summed E-state index contributed by atoms with van der Waals surface area (Å²) < 4.78 is 41.6. The SMILES string of the molecule is CC(=O)CCCc1cn(S(=O)(=O)c2ccc(C)cc2)c2cc(F)c(C)cc12. The Hall–Kier alpha value is -2.47. The normalized spacial score (nSPS) is 11.9. The first kappa shape index (κ1) is 19.3. The van der Waals surface area contributed by atoms with Crippen LogP contribution in [0.25, 0.3) is 10.9 Å². The van der Waals surface area contributed by atoms with Gasteiger partial charge in [0.25, 0.3) is 10.0 Å². The number of ketones is 1. The van der Waals surface area contributed by atoms with Crippen LogP contribution in [0.5, 0.6) is 0 Å². The minimum absolute atomic E-state index is 0.0910. The predicted molar refractivity (Wildman–Crippen MR) is 104 cm³/mol. The van der Waals surface area contributed by atoms with Crippen molar-refractivity contribution in [2.75, 3.05) is 0 Å². The zero-order valence-corrected chi connectivity index (χ0v) is 16.4. The quantitative estimate of drug-likeness (QED) is 0.624. The Morgan fingerprint density at radius 3 is 2.41 bits per heavy atom. The van der Waals surface area contributed by atoms with Crippen LogP contribution in [0.3, 0.4) is 0 Å². The summed E-state index contributed by atoms with van der Waals surface area (Å²) in [5.74, 6) is -0.357. The third-order valence-electron chi connectivity index (χ3n) is 4.69. The van der Waals surface area contributed by atoms with E-state index in [2.05, 4.69) is 0 Å². The third kappa shape index (κ3) is 3.81. The number of aryl methyl sites for hydroxylation is 3. The molecule has 0 fully saturated rings. The lowest BCUT2D eigenvalue weighted by molar-refractivity contribution is -0.117. The minimum Gasteiger partial charge on any atom is -0.300 e. The number of halogens is 1. The molecule has 142 valence electrons. The fourth-order valence-electron chi connectivity index (χ4n) is 3.14. The summed E-state index contributed by atoms with van der Waals surface area (Å²) in [7, 11) is -3.85. The second-order valence-corrected chi connectivity index (χ2v) is 8.76. The summed E-state index contributed by atoms with van der Waals surface area (Å²) in [4.78, 5) is 11.4. The van der Waals surface area contributed by atoms with Crippen LogP contribution < -0.4 is 0 Å². The molecule has 0 aliphatic heterocycles. The van der Waals surface area contributed by atoms with Gasteiger partial charge in [0.05, 0.1) is 10.4 Å². The molecule has 4 nitrogen and oxygen atoms in total. The molecule has 0 atom stereocenters. The molecule has 1 heterocycles. The van der Waals surface area contributed by atoms with Crippen LogP contribution in [0.2, 0.25) is 0 Å². The smallest absolute Gasteiger partial charge is 0.268 e. The number of benzene rings is 2. The lowest BCUT2D eigenvalue weighted by atomic mass is 10.0. The lowest BCUT2D eigenvalue weighted by Crippen LogP contribution is -2.12. The number of aromatic nitrogens is 1. The molecule has 27 heavy (non-hydrogen) atoms. The summed E-state index contributed by atoms with van der Waals surface area (Å²) in [6.45, 7) is 5.07. The van der Waals surface area contributed by atoms with Crippen LogP contribution in [0.15, 0.2) is 47.5 Å². The molecule has 0 amide bonds. The first-order chi connectivity index (χ1) is 12.7. The van der Waals surface area contributed by atoms with Crippen LogP contribution in [0, 0.1) is 19.7 Å². The highest BCUT2D eigenvalue weighted by Crippen LogP contribution is 2.29. The number of carbonyl (C=O) groups is 1. The van der Waals surface area contributed by atoms with Crippen molar-refractivity contribution in [2.24, 2.45) is 0 Å². The zero-order chi connectivity index (χ0) is 19.8. The molecule has 3 rings (SSSR count). The van der Waals surface area contributed by atoms with Crippen molar-refractivity contribution in [1.82, 2.24) is 3.97 Å². The van der Waals surface area contributed by atoms with Gasteiger partial charge in [0.15, 0.2) is 0 Å². The van der Waals surface area contributed by atoms with Crippen molar-refractivity contribution >= 4 is 26.7 Å². The average Bonchev–Trinajstić information content (AvgIpc) is 2.94. The number of hydrogen-bond acceptors (Lipinski definition) is 3. The Labute approximate surface area is 158 Å². The molecule has 2 aromatic carbocycles. The molecule has 0 saturated heterocycles. The van der Waals surface area contributed by atoms with E-state index in [0.29, 0.717) is 35.7 Å². The fraction of sp³-hybridized carbons (Fsp3) is 0.286. The van der Waals surface area contributed by atoms with Crippen molar-refractivity contribution in [1.29, 1.82) is 0 Å². The number of Topliss-reactive ketones (excluding diaryl/α,β-unsaturated/α-hetero) is 1. The van der Waals surface area contributed by atoms with Gasteiger partial charge in [-0.3, -0.25) is 0 Å². The van der Waals surface area contributed by atoms with Crippen LogP contribution in [0.1, 0.15) is 36.5 Å². The maximum Gasteiger partial charge on any atom is 0.268 e. The van der Waals surface area contributed by atoms with E-state index < -0.39 is 15.8 Å². The Morgan fingerprint density at radius 1 is 1.11 bits per heavy atom. The zero-order valence-electron chi connectivity index (χ0n) is 15.6. The topological polar surface area (TPSA) is 56.1 Å². The van der Waals surface area contributed by atoms with Crippen molar-refractivity contribution in [3.8, 4) is 0 Å². The van der Waals surface area contributed by atoms with E-state index in [0.717, 1.165) is 15.1 Å². The van der Waals surface area contributed by atoms with Gasteiger partial charge in [0.2, 0.25) is 0 Å². The molecule has 0 radical (unpaired) electrons. The standard InChI is InChI=1S/C21H22FNO3S/c1-14-7-9-18(10-8-14)27(25,26)23-13-17(6-4-5-16(3)24)19-11-15(2)20(22)12-21(19)23/h7-13H,4-6H2,1-3H3. The van der Waals surface area contributed by atoms with Crippen molar-refractivity contribution in [3.63, 3.8) is 0 Å². The van der Waals surface area contributed by atoms with E-state index >= 15 is 0 Å². The van der Waals surface area contributed by atoms with E-state index in [1.165, 1.54) is 13.0 Å². The molecular weight excluding hydrogens is 365 g/mol. The Balaban J connectivity index is 2.15. The van der Waals surface area contributed by atoms with Crippen LogP contribution >= 0.6 is 0 Å².